The van der Waals surface area contributed by atoms with Crippen LogP contribution >= 0.6 is 0 Å². The van der Waals surface area contributed by atoms with Crippen LogP contribution in [0.1, 0.15) is 30.7 Å². The van der Waals surface area contributed by atoms with E-state index in [0.29, 0.717) is 0 Å². The van der Waals surface area contributed by atoms with Crippen LogP contribution in [0.2, 0.25) is 0 Å². The van der Waals surface area contributed by atoms with Crippen molar-refractivity contribution < 1.29 is 17.3 Å². The SMILES string of the molecule is C[NH+](C)C[C@@H]1[C@@H]2CC[C@@H](C2)[C@H]1c1ccccc1.[Cl-]. The third kappa shape index (κ3) is 2.44. The second-order valence-corrected chi connectivity index (χ2v) is 6.34. The van der Waals surface area contributed by atoms with Gasteiger partial charge in [0, 0.05) is 5.92 Å². The fourth-order valence-corrected chi connectivity index (χ4v) is 4.37. The van der Waals surface area contributed by atoms with E-state index < -0.39 is 0 Å². The van der Waals surface area contributed by atoms with E-state index in [9.17, 15) is 0 Å². The Balaban J connectivity index is 0.00000120. The summed E-state index contributed by atoms with van der Waals surface area (Å²) < 4.78 is 0. The molecule has 1 N–H and O–H groups in total. The van der Waals surface area contributed by atoms with Gasteiger partial charge in [-0.15, -0.1) is 0 Å². The van der Waals surface area contributed by atoms with Gasteiger partial charge in [-0.3, -0.25) is 0 Å². The van der Waals surface area contributed by atoms with Crippen LogP contribution in [0.25, 0.3) is 0 Å². The highest BCUT2D eigenvalue weighted by atomic mass is 35.5. The van der Waals surface area contributed by atoms with Crippen LogP contribution in [0.4, 0.5) is 0 Å². The molecule has 100 valence electrons. The Kier molecular flexibility index (Phi) is 4.34. The Morgan fingerprint density at radius 1 is 1.06 bits per heavy atom. The highest BCUT2D eigenvalue weighted by molar-refractivity contribution is 5.24. The summed E-state index contributed by atoms with van der Waals surface area (Å²) in [6, 6.07) is 11.3. The number of rotatable bonds is 3. The van der Waals surface area contributed by atoms with Crippen LogP contribution in [0.3, 0.4) is 0 Å². The molecule has 2 heteroatoms. The summed E-state index contributed by atoms with van der Waals surface area (Å²) in [4.78, 5) is 1.61. The molecular formula is C16H24ClN. The fourth-order valence-electron chi connectivity index (χ4n) is 4.37. The Labute approximate surface area is 117 Å². The molecule has 0 heterocycles. The van der Waals surface area contributed by atoms with Crippen LogP contribution in [0.15, 0.2) is 30.3 Å². The van der Waals surface area contributed by atoms with E-state index in [1.54, 1.807) is 10.5 Å². The van der Waals surface area contributed by atoms with Gasteiger partial charge in [0.25, 0.3) is 0 Å². The van der Waals surface area contributed by atoms with Crippen LogP contribution < -0.4 is 17.3 Å². The van der Waals surface area contributed by atoms with Crippen molar-refractivity contribution >= 4 is 0 Å². The predicted octanol–water partition coefficient (Wildman–Crippen LogP) is -1.04. The van der Waals surface area contributed by atoms with Crippen LogP contribution in [0, 0.1) is 17.8 Å². The molecule has 0 saturated heterocycles. The van der Waals surface area contributed by atoms with Crippen molar-refractivity contribution in [2.45, 2.75) is 25.2 Å². The van der Waals surface area contributed by atoms with E-state index in [1.807, 2.05) is 0 Å². The molecule has 0 aliphatic heterocycles. The molecular weight excluding hydrogens is 242 g/mol. The van der Waals surface area contributed by atoms with Crippen LogP contribution in [-0.2, 0) is 0 Å². The van der Waals surface area contributed by atoms with E-state index in [4.69, 9.17) is 0 Å². The quantitative estimate of drug-likeness (QED) is 0.713. The zero-order valence-electron chi connectivity index (χ0n) is 11.4. The Hall–Kier alpha value is -0.530. The molecule has 2 aliphatic carbocycles. The Morgan fingerprint density at radius 2 is 1.72 bits per heavy atom. The number of fused-ring (bicyclic) bond motifs is 2. The highest BCUT2D eigenvalue weighted by Crippen LogP contribution is 2.56. The minimum absolute atomic E-state index is 0. The highest BCUT2D eigenvalue weighted by Gasteiger charge is 2.48. The van der Waals surface area contributed by atoms with Crippen molar-refractivity contribution in [2.24, 2.45) is 17.8 Å². The molecule has 4 atom stereocenters. The summed E-state index contributed by atoms with van der Waals surface area (Å²) in [5.41, 5.74) is 1.60. The average molecular weight is 266 g/mol. The lowest BCUT2D eigenvalue weighted by Crippen LogP contribution is -3.06. The zero-order chi connectivity index (χ0) is 11.8. The number of hydrogen-bond donors (Lipinski definition) is 1. The second kappa shape index (κ2) is 5.63. The monoisotopic (exact) mass is 265 g/mol. The van der Waals surface area contributed by atoms with Gasteiger partial charge in [0.15, 0.2) is 0 Å². The molecule has 0 spiro atoms. The lowest BCUT2D eigenvalue weighted by molar-refractivity contribution is -0.862. The lowest BCUT2D eigenvalue weighted by Gasteiger charge is -2.31. The summed E-state index contributed by atoms with van der Waals surface area (Å²) in [6.07, 6.45) is 4.47. The first-order valence-electron chi connectivity index (χ1n) is 7.09. The van der Waals surface area contributed by atoms with Crippen LogP contribution in [-0.4, -0.2) is 20.6 Å². The van der Waals surface area contributed by atoms with Crippen molar-refractivity contribution in [3.05, 3.63) is 35.9 Å². The minimum atomic E-state index is 0. The molecule has 3 rings (SSSR count). The second-order valence-electron chi connectivity index (χ2n) is 6.34. The largest absolute Gasteiger partial charge is 1.00 e. The third-order valence-corrected chi connectivity index (χ3v) is 4.92. The van der Waals surface area contributed by atoms with E-state index >= 15 is 0 Å². The van der Waals surface area contributed by atoms with Gasteiger partial charge in [-0.1, -0.05) is 30.3 Å². The van der Waals surface area contributed by atoms with Gasteiger partial charge < -0.3 is 17.3 Å². The topological polar surface area (TPSA) is 4.44 Å². The number of halogens is 1. The molecule has 1 nitrogen and oxygen atoms in total. The zero-order valence-corrected chi connectivity index (χ0v) is 12.2. The van der Waals surface area contributed by atoms with E-state index in [2.05, 4.69) is 44.4 Å². The van der Waals surface area contributed by atoms with Gasteiger partial charge in [-0.25, -0.2) is 0 Å². The molecule has 1 aromatic carbocycles. The lowest BCUT2D eigenvalue weighted by atomic mass is 9.75. The van der Waals surface area contributed by atoms with Crippen molar-refractivity contribution in [3.8, 4) is 0 Å². The first-order chi connectivity index (χ1) is 8.25. The Bertz CT molecular complexity index is 376. The van der Waals surface area contributed by atoms with Gasteiger partial charge in [0.1, 0.15) is 0 Å². The molecule has 2 bridgehead atoms. The first kappa shape index (κ1) is 13.9. The summed E-state index contributed by atoms with van der Waals surface area (Å²) in [5, 5.41) is 0. The summed E-state index contributed by atoms with van der Waals surface area (Å²) >= 11 is 0. The molecule has 2 saturated carbocycles. The third-order valence-electron chi connectivity index (χ3n) is 4.92. The number of quaternary nitrogens is 1. The number of hydrogen-bond acceptors (Lipinski definition) is 0. The van der Waals surface area contributed by atoms with Gasteiger partial charge >= 0.3 is 0 Å². The van der Waals surface area contributed by atoms with Crippen molar-refractivity contribution in [3.63, 3.8) is 0 Å². The standard InChI is InChI=1S/C16H23N.ClH/c1-17(2)11-15-13-8-9-14(10-13)16(15)12-6-4-3-5-7-12;/h3-7,13-16H,8-11H2,1-2H3;1H/t13-,14+,15-,16-;/m1./s1. The maximum absolute atomic E-state index is 2.35. The van der Waals surface area contributed by atoms with Gasteiger partial charge in [-0.2, -0.15) is 0 Å². The van der Waals surface area contributed by atoms with Crippen molar-refractivity contribution in [1.29, 1.82) is 0 Å². The first-order valence-corrected chi connectivity index (χ1v) is 7.09. The predicted molar refractivity (Wildman–Crippen MR) is 71.2 cm³/mol. The molecule has 2 fully saturated rings. The molecule has 2 aliphatic rings. The molecule has 0 unspecified atom stereocenters. The van der Waals surface area contributed by atoms with Gasteiger partial charge in [0.05, 0.1) is 20.6 Å². The summed E-state index contributed by atoms with van der Waals surface area (Å²) in [6.45, 7) is 1.35. The summed E-state index contributed by atoms with van der Waals surface area (Å²) in [5.74, 6) is 3.78. The van der Waals surface area contributed by atoms with E-state index in [0.717, 1.165) is 23.7 Å². The van der Waals surface area contributed by atoms with Crippen molar-refractivity contribution in [1.82, 2.24) is 0 Å². The number of benzene rings is 1. The van der Waals surface area contributed by atoms with Crippen LogP contribution in [0.5, 0.6) is 0 Å². The van der Waals surface area contributed by atoms with Gasteiger partial charge in [0.2, 0.25) is 0 Å². The maximum Gasteiger partial charge on any atom is 0.0804 e. The maximum atomic E-state index is 2.35. The van der Waals surface area contributed by atoms with Gasteiger partial charge in [-0.05, 0) is 42.6 Å². The van der Waals surface area contributed by atoms with E-state index in [1.165, 1.54) is 25.8 Å². The Morgan fingerprint density at radius 3 is 2.39 bits per heavy atom. The molecule has 0 amide bonds. The smallest absolute Gasteiger partial charge is 0.0804 e. The fraction of sp³-hybridized carbons (Fsp3) is 0.625. The minimum Gasteiger partial charge on any atom is -1.00 e. The molecule has 1 aromatic rings. The molecule has 0 radical (unpaired) electrons. The van der Waals surface area contributed by atoms with Crippen molar-refractivity contribution in [2.75, 3.05) is 20.6 Å². The molecule has 18 heavy (non-hydrogen) atoms. The normalized spacial score (nSPS) is 33.7. The number of nitrogens with one attached hydrogen (secondary N) is 1. The molecule has 0 aromatic heterocycles. The van der Waals surface area contributed by atoms with E-state index in [-0.39, 0.29) is 12.4 Å². The average Bonchev–Trinajstić information content (AvgIpc) is 2.90. The summed E-state index contributed by atoms with van der Waals surface area (Å²) in [7, 11) is 4.60.